The second kappa shape index (κ2) is 7.03. The molecule has 0 radical (unpaired) electrons. The monoisotopic (exact) mass is 360 g/mol. The van der Waals surface area contributed by atoms with Crippen molar-refractivity contribution < 1.29 is 9.84 Å². The van der Waals surface area contributed by atoms with Crippen molar-refractivity contribution in [2.75, 3.05) is 19.9 Å². The van der Waals surface area contributed by atoms with Gasteiger partial charge in [-0.05, 0) is 86.0 Å². The molecule has 0 aromatic rings. The first-order valence-electron chi connectivity index (χ1n) is 10.7. The molecule has 0 aromatic carbocycles. The minimum Gasteiger partial charge on any atom is -0.393 e. The molecule has 0 aromatic heterocycles. The molecular formula is C22H36N2O2. The lowest BCUT2D eigenvalue weighted by Gasteiger charge is -2.57. The summed E-state index contributed by atoms with van der Waals surface area (Å²) in [5.41, 5.74) is 8.83. The van der Waals surface area contributed by atoms with Crippen LogP contribution in [-0.4, -0.2) is 36.8 Å². The van der Waals surface area contributed by atoms with E-state index in [0.29, 0.717) is 25.3 Å². The van der Waals surface area contributed by atoms with Gasteiger partial charge in [-0.3, -0.25) is 4.99 Å². The molecule has 3 fully saturated rings. The minimum atomic E-state index is -0.0724. The zero-order valence-electron chi connectivity index (χ0n) is 16.5. The first kappa shape index (κ1) is 18.6. The molecule has 6 atom stereocenters. The third-order valence-corrected chi connectivity index (χ3v) is 8.55. The van der Waals surface area contributed by atoms with Crippen LogP contribution in [0.2, 0.25) is 0 Å². The van der Waals surface area contributed by atoms with E-state index in [0.717, 1.165) is 30.6 Å². The van der Waals surface area contributed by atoms with E-state index in [9.17, 15) is 5.11 Å². The van der Waals surface area contributed by atoms with Crippen molar-refractivity contribution in [1.29, 1.82) is 0 Å². The molecule has 4 heteroatoms. The van der Waals surface area contributed by atoms with Crippen LogP contribution in [0.5, 0.6) is 0 Å². The standard InChI is InChI=1S/C22H36N2O2/c1-21-9-7-16(24-14-26-12-11-23)13-15(21)3-4-17-18-5-6-20(25)22(18,2)10-8-19(17)21/h13,17-20,25H,3-12,14,23H2,1-2H3/t17?,18?,19?,20-,21-,22-/m0/s1. The number of aliphatic hydroxyl groups is 1. The van der Waals surface area contributed by atoms with E-state index in [-0.39, 0.29) is 11.5 Å². The molecule has 0 aliphatic heterocycles. The number of ether oxygens (including phenoxy) is 1. The highest BCUT2D eigenvalue weighted by atomic mass is 16.5. The number of hydrogen-bond donors (Lipinski definition) is 2. The van der Waals surface area contributed by atoms with E-state index >= 15 is 0 Å². The van der Waals surface area contributed by atoms with E-state index in [1.54, 1.807) is 5.57 Å². The fraction of sp³-hybridized carbons (Fsp3) is 0.864. The summed E-state index contributed by atoms with van der Waals surface area (Å²) >= 11 is 0. The SMILES string of the molecule is C[C@]12CCC(=NCOCCN)C=C1CCC1C2CC[C@@]2(C)C1CC[C@@H]2O. The molecule has 4 rings (SSSR count). The van der Waals surface area contributed by atoms with E-state index in [2.05, 4.69) is 24.9 Å². The van der Waals surface area contributed by atoms with E-state index in [4.69, 9.17) is 10.5 Å². The van der Waals surface area contributed by atoms with Gasteiger partial charge in [0.15, 0.2) is 0 Å². The Morgan fingerprint density at radius 1 is 1.15 bits per heavy atom. The fourth-order valence-corrected chi connectivity index (χ4v) is 6.94. The van der Waals surface area contributed by atoms with Crippen molar-refractivity contribution in [1.82, 2.24) is 0 Å². The van der Waals surface area contributed by atoms with Crippen LogP contribution in [0.25, 0.3) is 0 Å². The molecule has 0 bridgehead atoms. The molecule has 0 heterocycles. The third-order valence-electron chi connectivity index (χ3n) is 8.55. The lowest BCUT2D eigenvalue weighted by atomic mass is 9.47. The molecule has 0 saturated heterocycles. The number of allylic oxidation sites excluding steroid dienone is 2. The summed E-state index contributed by atoms with van der Waals surface area (Å²) in [6.07, 6.45) is 11.9. The van der Waals surface area contributed by atoms with Crippen molar-refractivity contribution in [3.63, 3.8) is 0 Å². The number of nitrogens with zero attached hydrogens (tertiary/aromatic N) is 1. The van der Waals surface area contributed by atoms with Crippen LogP contribution in [0.4, 0.5) is 0 Å². The maximum absolute atomic E-state index is 10.6. The number of hydrogen-bond acceptors (Lipinski definition) is 4. The lowest BCUT2D eigenvalue weighted by Crippen LogP contribution is -2.51. The van der Waals surface area contributed by atoms with Gasteiger partial charge in [0.25, 0.3) is 0 Å². The Balaban J connectivity index is 1.52. The zero-order chi connectivity index (χ0) is 18.4. The minimum absolute atomic E-state index is 0.0724. The van der Waals surface area contributed by atoms with Gasteiger partial charge in [0.2, 0.25) is 0 Å². The summed E-state index contributed by atoms with van der Waals surface area (Å²) in [6.45, 7) is 6.47. The lowest BCUT2D eigenvalue weighted by molar-refractivity contribution is -0.0721. The first-order chi connectivity index (χ1) is 12.5. The zero-order valence-corrected chi connectivity index (χ0v) is 16.5. The van der Waals surface area contributed by atoms with Gasteiger partial charge in [0.05, 0.1) is 12.7 Å². The van der Waals surface area contributed by atoms with Gasteiger partial charge in [-0.1, -0.05) is 19.4 Å². The Morgan fingerprint density at radius 3 is 2.81 bits per heavy atom. The molecule has 3 unspecified atom stereocenters. The van der Waals surface area contributed by atoms with Crippen LogP contribution >= 0.6 is 0 Å². The summed E-state index contributed by atoms with van der Waals surface area (Å²) in [5, 5.41) is 10.6. The predicted molar refractivity (Wildman–Crippen MR) is 105 cm³/mol. The number of rotatable bonds is 4. The first-order valence-corrected chi connectivity index (χ1v) is 10.7. The van der Waals surface area contributed by atoms with Crippen molar-refractivity contribution in [3.8, 4) is 0 Å². The Morgan fingerprint density at radius 2 is 2.00 bits per heavy atom. The summed E-state index contributed by atoms with van der Waals surface area (Å²) in [6, 6.07) is 0. The third kappa shape index (κ3) is 2.89. The maximum Gasteiger partial charge on any atom is 0.137 e. The molecule has 0 spiro atoms. The van der Waals surface area contributed by atoms with E-state index < -0.39 is 0 Å². The molecule has 26 heavy (non-hydrogen) atoms. The fourth-order valence-electron chi connectivity index (χ4n) is 6.94. The normalized spacial score (nSPS) is 46.5. The topological polar surface area (TPSA) is 67.8 Å². The molecule has 146 valence electrons. The number of aliphatic imine (C=N–C) groups is 1. The molecule has 3 N–H and O–H groups in total. The highest BCUT2D eigenvalue weighted by Gasteiger charge is 2.58. The number of aliphatic hydroxyl groups excluding tert-OH is 1. The van der Waals surface area contributed by atoms with Gasteiger partial charge in [-0.15, -0.1) is 0 Å². The van der Waals surface area contributed by atoms with Gasteiger partial charge >= 0.3 is 0 Å². The van der Waals surface area contributed by atoms with Gasteiger partial charge in [0, 0.05) is 12.3 Å². The molecule has 4 aliphatic rings. The molecule has 4 aliphatic carbocycles. The van der Waals surface area contributed by atoms with Crippen LogP contribution in [0.1, 0.15) is 65.2 Å². The van der Waals surface area contributed by atoms with Crippen LogP contribution in [0, 0.1) is 28.6 Å². The van der Waals surface area contributed by atoms with Crippen LogP contribution in [0.3, 0.4) is 0 Å². The average molecular weight is 361 g/mol. The van der Waals surface area contributed by atoms with Crippen LogP contribution in [-0.2, 0) is 4.74 Å². The second-order valence-corrected chi connectivity index (χ2v) is 9.62. The van der Waals surface area contributed by atoms with Gasteiger partial charge in [0.1, 0.15) is 6.73 Å². The van der Waals surface area contributed by atoms with Crippen molar-refractivity contribution in [2.24, 2.45) is 39.3 Å². The van der Waals surface area contributed by atoms with Crippen molar-refractivity contribution in [3.05, 3.63) is 11.6 Å². The van der Waals surface area contributed by atoms with Gasteiger partial charge in [-0.2, -0.15) is 0 Å². The highest BCUT2D eigenvalue weighted by Crippen LogP contribution is 2.65. The molecule has 4 nitrogen and oxygen atoms in total. The number of fused-ring (bicyclic) bond motifs is 5. The van der Waals surface area contributed by atoms with E-state index in [1.165, 1.54) is 44.2 Å². The summed E-state index contributed by atoms with van der Waals surface area (Å²) in [5.74, 6) is 2.33. The highest BCUT2D eigenvalue weighted by molar-refractivity contribution is 5.96. The maximum atomic E-state index is 10.6. The summed E-state index contributed by atoms with van der Waals surface area (Å²) in [7, 11) is 0. The smallest absolute Gasteiger partial charge is 0.137 e. The quantitative estimate of drug-likeness (QED) is 0.752. The Labute approximate surface area is 158 Å². The van der Waals surface area contributed by atoms with Crippen LogP contribution in [0.15, 0.2) is 16.6 Å². The van der Waals surface area contributed by atoms with Crippen molar-refractivity contribution in [2.45, 2.75) is 71.3 Å². The summed E-state index contributed by atoms with van der Waals surface area (Å²) in [4.78, 5) is 4.65. The predicted octanol–water partition coefficient (Wildman–Crippen LogP) is 3.68. The van der Waals surface area contributed by atoms with E-state index in [1.807, 2.05) is 0 Å². The largest absolute Gasteiger partial charge is 0.393 e. The number of nitrogens with two attached hydrogens (primary N) is 1. The summed E-state index contributed by atoms with van der Waals surface area (Å²) < 4.78 is 5.44. The molecular weight excluding hydrogens is 324 g/mol. The Bertz CT molecular complexity index is 601. The molecule has 3 saturated carbocycles. The van der Waals surface area contributed by atoms with Gasteiger partial charge < -0.3 is 15.6 Å². The Hall–Kier alpha value is -0.710. The van der Waals surface area contributed by atoms with Crippen LogP contribution < -0.4 is 5.73 Å². The Kier molecular flexibility index (Phi) is 5.04. The van der Waals surface area contributed by atoms with Gasteiger partial charge in [-0.25, -0.2) is 0 Å². The average Bonchev–Trinajstić information content (AvgIpc) is 2.94. The molecule has 0 amide bonds. The van der Waals surface area contributed by atoms with Crippen molar-refractivity contribution >= 4 is 5.71 Å². The second-order valence-electron chi connectivity index (χ2n) is 9.62.